The third kappa shape index (κ3) is 6.74. The molecule has 54 heavy (non-hydrogen) atoms. The maximum atomic E-state index is 10.7. The normalized spacial score (nSPS) is 14.6. The molecule has 3 atom stereocenters. The minimum absolute atomic E-state index is 0.0541. The van der Waals surface area contributed by atoms with E-state index in [1.54, 1.807) is 12.1 Å². The molecule has 6 nitrogen and oxygen atoms in total. The van der Waals surface area contributed by atoms with Crippen LogP contribution in [0.3, 0.4) is 0 Å². The van der Waals surface area contributed by atoms with E-state index in [1.807, 2.05) is 12.1 Å². The lowest BCUT2D eigenvalue weighted by atomic mass is 9.84. The Morgan fingerprint density at radius 3 is 1.70 bits per heavy atom. The summed E-state index contributed by atoms with van der Waals surface area (Å²) in [6.07, 6.45) is 2.29. The molecule has 6 aromatic carbocycles. The van der Waals surface area contributed by atoms with Crippen molar-refractivity contribution in [2.24, 2.45) is 0 Å². The number of phenols is 4. The summed E-state index contributed by atoms with van der Waals surface area (Å²) in [6.45, 7) is 6.70. The molecule has 1 saturated carbocycles. The summed E-state index contributed by atoms with van der Waals surface area (Å²) < 4.78 is 0. The summed E-state index contributed by atoms with van der Waals surface area (Å²) in [6, 6.07) is 42.4. The van der Waals surface area contributed by atoms with Crippen LogP contribution in [0.1, 0.15) is 78.7 Å². The van der Waals surface area contributed by atoms with Crippen LogP contribution in [0.2, 0.25) is 0 Å². The van der Waals surface area contributed by atoms with Crippen molar-refractivity contribution in [3.63, 3.8) is 0 Å². The maximum absolute atomic E-state index is 10.7. The molecular weight excluding hydrogens is 667 g/mol. The average Bonchev–Trinajstić information content (AvgIpc) is 4.06. The number of aromatic hydroxyl groups is 4. The molecule has 0 saturated heterocycles. The van der Waals surface area contributed by atoms with Crippen LogP contribution in [-0.2, 0) is 0 Å². The van der Waals surface area contributed by atoms with Crippen molar-refractivity contribution in [1.29, 1.82) is 0 Å². The number of hydrogen-bond donors (Lipinski definition) is 4. The molecule has 0 aliphatic heterocycles. The molecule has 1 aliphatic carbocycles. The number of phenolic OH excluding ortho intramolecular Hbond substituents is 4. The third-order valence-electron chi connectivity index (χ3n) is 11.5. The Morgan fingerprint density at radius 1 is 0.556 bits per heavy atom. The zero-order valence-electron chi connectivity index (χ0n) is 31.5. The van der Waals surface area contributed by atoms with E-state index in [-0.39, 0.29) is 29.3 Å². The second-order valence-corrected chi connectivity index (χ2v) is 14.7. The van der Waals surface area contributed by atoms with Crippen molar-refractivity contribution < 1.29 is 20.4 Å². The quantitative estimate of drug-likeness (QED) is 0.0463. The fourth-order valence-corrected chi connectivity index (χ4v) is 7.96. The van der Waals surface area contributed by atoms with E-state index in [0.29, 0.717) is 11.5 Å². The zero-order chi connectivity index (χ0) is 38.3. The van der Waals surface area contributed by atoms with Gasteiger partial charge in [-0.05, 0) is 115 Å². The van der Waals surface area contributed by atoms with Crippen molar-refractivity contribution in [2.45, 2.75) is 57.8 Å². The number of benzene rings is 6. The van der Waals surface area contributed by atoms with Crippen LogP contribution in [0.15, 0.2) is 121 Å². The summed E-state index contributed by atoms with van der Waals surface area (Å²) in [7, 11) is 10.5. The molecule has 272 valence electrons. The van der Waals surface area contributed by atoms with E-state index in [4.69, 9.17) is 7.85 Å². The predicted octanol–water partition coefficient (Wildman–Crippen LogP) is 9.87. The fraction of sp³-hybridized carbons (Fsp3) is 0.234. The summed E-state index contributed by atoms with van der Waals surface area (Å²) in [4.78, 5) is 4.84. The Balaban J connectivity index is 1.32. The Bertz CT molecular complexity index is 2240. The highest BCUT2D eigenvalue weighted by Gasteiger charge is 2.33. The predicted molar refractivity (Wildman–Crippen MR) is 219 cm³/mol. The standard InChI is InChI=1S/C47H47BN2O4/c1-28-36(41-38(33-16-10-7-11-17-33)20-13-21-39(41)34-24-25-34)18-12-19-37(28)47(49(4)29(2)31-14-8-6-9-15-31)50(5)30(3)32-22-26-35(27-23-32)40-42(48)44(52)46(54)45(53)43(40)51/h6-23,26-27,29-30,34,47,51-54H,24-25H2,1-5H3. The van der Waals surface area contributed by atoms with Crippen molar-refractivity contribution in [3.8, 4) is 56.4 Å². The Morgan fingerprint density at radius 2 is 1.09 bits per heavy atom. The molecule has 0 aromatic heterocycles. The lowest BCUT2D eigenvalue weighted by Crippen LogP contribution is -2.40. The highest BCUT2D eigenvalue weighted by Crippen LogP contribution is 2.50. The number of hydrogen-bond acceptors (Lipinski definition) is 6. The summed E-state index contributed by atoms with van der Waals surface area (Å²) in [5.41, 5.74) is 11.5. The lowest BCUT2D eigenvalue weighted by molar-refractivity contribution is 0.0272. The van der Waals surface area contributed by atoms with Crippen molar-refractivity contribution >= 4 is 13.3 Å². The van der Waals surface area contributed by atoms with E-state index < -0.39 is 23.0 Å². The second-order valence-electron chi connectivity index (χ2n) is 14.7. The van der Waals surface area contributed by atoms with E-state index in [0.717, 1.165) is 5.56 Å². The first-order valence-electron chi connectivity index (χ1n) is 18.6. The molecule has 0 amide bonds. The van der Waals surface area contributed by atoms with Gasteiger partial charge in [-0.25, -0.2) is 0 Å². The molecule has 1 aliphatic rings. The van der Waals surface area contributed by atoms with Gasteiger partial charge in [0.05, 0.1) is 6.17 Å². The Labute approximate surface area is 320 Å². The minimum Gasteiger partial charge on any atom is -0.505 e. The van der Waals surface area contributed by atoms with Crippen LogP contribution in [0.4, 0.5) is 0 Å². The first-order chi connectivity index (χ1) is 26.0. The highest BCUT2D eigenvalue weighted by atomic mass is 16.3. The van der Waals surface area contributed by atoms with E-state index in [1.165, 1.54) is 57.3 Å². The minimum atomic E-state index is -0.854. The lowest BCUT2D eigenvalue weighted by Gasteiger charge is -2.43. The molecular formula is C47H47BN2O4. The van der Waals surface area contributed by atoms with Crippen LogP contribution in [-0.4, -0.2) is 52.2 Å². The van der Waals surface area contributed by atoms with Crippen LogP contribution < -0.4 is 5.46 Å². The van der Waals surface area contributed by atoms with Crippen LogP contribution in [0, 0.1) is 6.92 Å². The van der Waals surface area contributed by atoms with E-state index >= 15 is 0 Å². The molecule has 4 N–H and O–H groups in total. The summed E-state index contributed by atoms with van der Waals surface area (Å²) in [5, 5.41) is 41.2. The topological polar surface area (TPSA) is 87.4 Å². The average molecular weight is 715 g/mol. The highest BCUT2D eigenvalue weighted by molar-refractivity contribution is 6.39. The van der Waals surface area contributed by atoms with Crippen molar-refractivity contribution in [1.82, 2.24) is 9.80 Å². The van der Waals surface area contributed by atoms with Gasteiger partial charge in [0.25, 0.3) is 0 Å². The molecule has 0 bridgehead atoms. The van der Waals surface area contributed by atoms with Crippen molar-refractivity contribution in [2.75, 3.05) is 14.1 Å². The van der Waals surface area contributed by atoms with Gasteiger partial charge >= 0.3 is 0 Å². The zero-order valence-corrected chi connectivity index (χ0v) is 31.5. The first-order valence-corrected chi connectivity index (χ1v) is 18.6. The number of nitrogens with zero attached hydrogens (tertiary/aromatic N) is 2. The van der Waals surface area contributed by atoms with Crippen LogP contribution in [0.5, 0.6) is 23.0 Å². The van der Waals surface area contributed by atoms with E-state index in [9.17, 15) is 20.4 Å². The van der Waals surface area contributed by atoms with Gasteiger partial charge in [-0.15, -0.1) is 0 Å². The van der Waals surface area contributed by atoms with Gasteiger partial charge < -0.3 is 20.4 Å². The SMILES string of the molecule is [B]c1c(O)c(O)c(O)c(O)c1-c1ccc(C(C)N(C)C(c2cccc(-c3c(-c4ccccc4)cccc3C3CC3)c2C)N(C)C(C)c2ccccc2)cc1. The largest absolute Gasteiger partial charge is 0.505 e. The molecule has 3 unspecified atom stereocenters. The molecule has 0 heterocycles. The first kappa shape index (κ1) is 36.8. The number of rotatable bonds is 11. The summed E-state index contributed by atoms with van der Waals surface area (Å²) >= 11 is 0. The monoisotopic (exact) mass is 714 g/mol. The fourth-order valence-electron chi connectivity index (χ4n) is 7.96. The Kier molecular flexibility index (Phi) is 10.3. The van der Waals surface area contributed by atoms with Gasteiger partial charge in [0.2, 0.25) is 11.5 Å². The second kappa shape index (κ2) is 15.1. The van der Waals surface area contributed by atoms with Gasteiger partial charge in [-0.2, -0.15) is 0 Å². The molecule has 7 heteroatoms. The summed E-state index contributed by atoms with van der Waals surface area (Å²) in [5.74, 6) is -2.37. The molecule has 6 aromatic rings. The van der Waals surface area contributed by atoms with Crippen molar-refractivity contribution in [3.05, 3.63) is 149 Å². The van der Waals surface area contributed by atoms with Gasteiger partial charge in [0.15, 0.2) is 11.5 Å². The van der Waals surface area contributed by atoms with Gasteiger partial charge in [-0.1, -0.05) is 121 Å². The van der Waals surface area contributed by atoms with Crippen LogP contribution in [0.25, 0.3) is 33.4 Å². The van der Waals surface area contributed by atoms with E-state index in [2.05, 4.69) is 142 Å². The molecule has 1 fully saturated rings. The Hall–Kier alpha value is -5.50. The van der Waals surface area contributed by atoms with Crippen LogP contribution >= 0.6 is 0 Å². The molecule has 0 spiro atoms. The van der Waals surface area contributed by atoms with Gasteiger partial charge in [0, 0.05) is 17.6 Å². The smallest absolute Gasteiger partial charge is 0.204 e. The third-order valence-corrected chi connectivity index (χ3v) is 11.5. The van der Waals surface area contributed by atoms with Gasteiger partial charge in [-0.3, -0.25) is 9.80 Å². The molecule has 7 rings (SSSR count). The van der Waals surface area contributed by atoms with Gasteiger partial charge in [0.1, 0.15) is 7.85 Å². The molecule has 2 radical (unpaired) electrons. The maximum Gasteiger partial charge on any atom is 0.204 e.